The van der Waals surface area contributed by atoms with E-state index in [-0.39, 0.29) is 0 Å². The van der Waals surface area contributed by atoms with Gasteiger partial charge in [0.05, 0.1) is 0 Å². The maximum absolute atomic E-state index is 5.70. The number of pyridine rings is 2. The summed E-state index contributed by atoms with van der Waals surface area (Å²) in [6, 6.07) is 7.93. The van der Waals surface area contributed by atoms with E-state index in [1.54, 1.807) is 30.8 Å². The standard InChI is InChI=1S/C18H16N4O2S2/c1-3-24-18(23-2)15-12-6-8-25-14(12)9-13(20-15)17-22-21-16(26-17)11-5-4-7-19-10-11/h4-10,18H,3H2,1-2H3. The van der Waals surface area contributed by atoms with Gasteiger partial charge in [0.1, 0.15) is 16.4 Å². The second kappa shape index (κ2) is 7.55. The van der Waals surface area contributed by atoms with Crippen molar-refractivity contribution in [2.45, 2.75) is 13.2 Å². The molecule has 0 aliphatic rings. The van der Waals surface area contributed by atoms with E-state index < -0.39 is 6.29 Å². The van der Waals surface area contributed by atoms with Crippen molar-refractivity contribution in [2.75, 3.05) is 13.7 Å². The maximum atomic E-state index is 5.70. The molecule has 0 saturated heterocycles. The molecule has 4 aromatic rings. The lowest BCUT2D eigenvalue weighted by molar-refractivity contribution is -0.125. The molecule has 132 valence electrons. The van der Waals surface area contributed by atoms with Crippen LogP contribution in [-0.4, -0.2) is 33.9 Å². The summed E-state index contributed by atoms with van der Waals surface area (Å²) >= 11 is 3.14. The van der Waals surface area contributed by atoms with Crippen molar-refractivity contribution in [3.05, 3.63) is 47.7 Å². The van der Waals surface area contributed by atoms with Gasteiger partial charge in [-0.15, -0.1) is 21.5 Å². The second-order valence-electron chi connectivity index (χ2n) is 5.40. The van der Waals surface area contributed by atoms with E-state index in [2.05, 4.69) is 15.2 Å². The van der Waals surface area contributed by atoms with Crippen LogP contribution in [0.25, 0.3) is 31.4 Å². The average molecular weight is 384 g/mol. The maximum Gasteiger partial charge on any atom is 0.201 e. The molecule has 6 nitrogen and oxygen atoms in total. The van der Waals surface area contributed by atoms with Gasteiger partial charge in [0.15, 0.2) is 5.01 Å². The average Bonchev–Trinajstić information content (AvgIpc) is 3.35. The van der Waals surface area contributed by atoms with E-state index in [0.717, 1.165) is 37.1 Å². The van der Waals surface area contributed by atoms with E-state index in [1.807, 2.05) is 36.6 Å². The fourth-order valence-electron chi connectivity index (χ4n) is 2.62. The second-order valence-corrected chi connectivity index (χ2v) is 7.33. The predicted molar refractivity (Wildman–Crippen MR) is 103 cm³/mol. The highest BCUT2D eigenvalue weighted by Crippen LogP contribution is 2.35. The van der Waals surface area contributed by atoms with Crippen molar-refractivity contribution in [3.8, 4) is 21.3 Å². The lowest BCUT2D eigenvalue weighted by Gasteiger charge is -2.16. The molecule has 0 amide bonds. The molecular formula is C18H16N4O2S2. The van der Waals surface area contributed by atoms with Gasteiger partial charge in [0, 0.05) is 41.8 Å². The number of aromatic nitrogens is 4. The van der Waals surface area contributed by atoms with Crippen LogP contribution in [0, 0.1) is 0 Å². The van der Waals surface area contributed by atoms with E-state index in [0.29, 0.717) is 6.61 Å². The predicted octanol–water partition coefficient (Wildman–Crippen LogP) is 4.56. The third kappa shape index (κ3) is 3.24. The Labute approximate surface area is 158 Å². The van der Waals surface area contributed by atoms with Crippen LogP contribution in [0.3, 0.4) is 0 Å². The highest BCUT2D eigenvalue weighted by atomic mass is 32.1. The van der Waals surface area contributed by atoms with Crippen molar-refractivity contribution in [3.63, 3.8) is 0 Å². The molecule has 4 rings (SSSR count). The zero-order valence-corrected chi connectivity index (χ0v) is 15.9. The van der Waals surface area contributed by atoms with E-state index in [9.17, 15) is 0 Å². The van der Waals surface area contributed by atoms with Crippen molar-refractivity contribution in [2.24, 2.45) is 0 Å². The smallest absolute Gasteiger partial charge is 0.201 e. The van der Waals surface area contributed by atoms with Crippen LogP contribution in [0.5, 0.6) is 0 Å². The Morgan fingerprint density at radius 3 is 2.85 bits per heavy atom. The number of hydrogen-bond donors (Lipinski definition) is 0. The molecule has 0 N–H and O–H groups in total. The Hall–Kier alpha value is -2.26. The summed E-state index contributed by atoms with van der Waals surface area (Å²) in [7, 11) is 1.62. The normalized spacial score (nSPS) is 12.5. The SMILES string of the molecule is CCOC(OC)c1nc(-c2nnc(-c3cccnc3)s2)cc2sccc12. The van der Waals surface area contributed by atoms with E-state index in [4.69, 9.17) is 14.5 Å². The molecule has 0 aromatic carbocycles. The third-order valence-corrected chi connectivity index (χ3v) is 5.65. The zero-order valence-electron chi connectivity index (χ0n) is 14.2. The summed E-state index contributed by atoms with van der Waals surface area (Å²) in [5.41, 5.74) is 2.48. The molecule has 0 bridgehead atoms. The number of hydrogen-bond acceptors (Lipinski definition) is 8. The van der Waals surface area contributed by atoms with Crippen LogP contribution < -0.4 is 0 Å². The van der Waals surface area contributed by atoms with Gasteiger partial charge in [0.2, 0.25) is 6.29 Å². The molecule has 0 aliphatic heterocycles. The van der Waals surface area contributed by atoms with Crippen LogP contribution in [-0.2, 0) is 9.47 Å². The molecule has 1 atom stereocenters. The number of methoxy groups -OCH3 is 1. The summed E-state index contributed by atoms with van der Waals surface area (Å²) in [6.45, 7) is 2.48. The minimum absolute atomic E-state index is 0.511. The summed E-state index contributed by atoms with van der Waals surface area (Å²) in [6.07, 6.45) is 3.01. The first kappa shape index (κ1) is 17.2. The van der Waals surface area contributed by atoms with Gasteiger partial charge in [-0.25, -0.2) is 4.98 Å². The number of nitrogens with zero attached hydrogens (tertiary/aromatic N) is 4. The van der Waals surface area contributed by atoms with Gasteiger partial charge in [-0.05, 0) is 36.6 Å². The molecule has 26 heavy (non-hydrogen) atoms. The van der Waals surface area contributed by atoms with Gasteiger partial charge in [-0.2, -0.15) is 0 Å². The van der Waals surface area contributed by atoms with E-state index >= 15 is 0 Å². The lowest BCUT2D eigenvalue weighted by atomic mass is 10.2. The molecule has 0 saturated carbocycles. The Morgan fingerprint density at radius 2 is 2.08 bits per heavy atom. The minimum atomic E-state index is -0.511. The third-order valence-electron chi connectivity index (χ3n) is 3.79. The molecule has 1 unspecified atom stereocenters. The molecule has 0 radical (unpaired) electrons. The topological polar surface area (TPSA) is 70.0 Å². The molecular weight excluding hydrogens is 368 g/mol. The van der Waals surface area contributed by atoms with Gasteiger partial charge in [-0.1, -0.05) is 11.3 Å². The summed E-state index contributed by atoms with van der Waals surface area (Å²) in [5.74, 6) is 0. The van der Waals surface area contributed by atoms with Crippen LogP contribution in [0.15, 0.2) is 42.0 Å². The summed E-state index contributed by atoms with van der Waals surface area (Å²) < 4.78 is 12.3. The molecule has 0 aliphatic carbocycles. The van der Waals surface area contributed by atoms with Crippen molar-refractivity contribution < 1.29 is 9.47 Å². The van der Waals surface area contributed by atoms with Crippen molar-refractivity contribution in [1.82, 2.24) is 20.2 Å². The summed E-state index contributed by atoms with van der Waals surface area (Å²) in [5, 5.41) is 13.3. The largest absolute Gasteiger partial charge is 0.350 e. The van der Waals surface area contributed by atoms with Crippen LogP contribution >= 0.6 is 22.7 Å². The Bertz CT molecular complexity index is 1020. The number of ether oxygens (including phenoxy) is 2. The van der Waals surface area contributed by atoms with Crippen LogP contribution in [0.4, 0.5) is 0 Å². The van der Waals surface area contributed by atoms with Gasteiger partial charge >= 0.3 is 0 Å². The quantitative estimate of drug-likeness (QED) is 0.454. The van der Waals surface area contributed by atoms with E-state index in [1.165, 1.54) is 11.3 Å². The number of thiophene rings is 1. The number of fused-ring (bicyclic) bond motifs is 1. The summed E-state index contributed by atoms with van der Waals surface area (Å²) in [4.78, 5) is 8.93. The van der Waals surface area contributed by atoms with Gasteiger partial charge < -0.3 is 9.47 Å². The molecule has 8 heteroatoms. The fourth-order valence-corrected chi connectivity index (χ4v) is 4.25. The monoisotopic (exact) mass is 384 g/mol. The molecule has 0 spiro atoms. The first-order valence-corrected chi connectivity index (χ1v) is 9.76. The first-order chi connectivity index (χ1) is 12.8. The Kier molecular flexibility index (Phi) is 4.98. The highest BCUT2D eigenvalue weighted by Gasteiger charge is 2.20. The Balaban J connectivity index is 1.79. The first-order valence-electron chi connectivity index (χ1n) is 8.07. The van der Waals surface area contributed by atoms with Gasteiger partial charge in [-0.3, -0.25) is 4.98 Å². The molecule has 0 fully saturated rings. The minimum Gasteiger partial charge on any atom is -0.350 e. The van der Waals surface area contributed by atoms with Crippen LogP contribution in [0.2, 0.25) is 0 Å². The van der Waals surface area contributed by atoms with Crippen molar-refractivity contribution >= 4 is 32.8 Å². The number of rotatable bonds is 6. The van der Waals surface area contributed by atoms with Crippen LogP contribution in [0.1, 0.15) is 18.9 Å². The van der Waals surface area contributed by atoms with Gasteiger partial charge in [0.25, 0.3) is 0 Å². The lowest BCUT2D eigenvalue weighted by Crippen LogP contribution is -2.09. The molecule has 4 aromatic heterocycles. The molecule has 4 heterocycles. The fraction of sp³-hybridized carbons (Fsp3) is 0.222. The highest BCUT2D eigenvalue weighted by molar-refractivity contribution is 7.18. The zero-order chi connectivity index (χ0) is 17.9. The van der Waals surface area contributed by atoms with Crippen molar-refractivity contribution in [1.29, 1.82) is 0 Å². The Morgan fingerprint density at radius 1 is 1.19 bits per heavy atom.